The summed E-state index contributed by atoms with van der Waals surface area (Å²) in [5.74, 6) is -0.315. The van der Waals surface area contributed by atoms with Gasteiger partial charge >= 0.3 is 0 Å². The lowest BCUT2D eigenvalue weighted by Crippen LogP contribution is -2.16. The van der Waals surface area contributed by atoms with Crippen molar-refractivity contribution in [1.82, 2.24) is 30.0 Å². The fourth-order valence-electron chi connectivity index (χ4n) is 4.37. The molecule has 4 heterocycles. The van der Waals surface area contributed by atoms with Gasteiger partial charge in [0.25, 0.3) is 0 Å². The van der Waals surface area contributed by atoms with Crippen molar-refractivity contribution in [3.63, 3.8) is 0 Å². The number of rotatable bonds is 8. The summed E-state index contributed by atoms with van der Waals surface area (Å²) in [6.07, 6.45) is 11.4. The number of hydrogen-bond donors (Lipinski definition) is 1. The first kappa shape index (κ1) is 22.8. The molecule has 0 fully saturated rings. The molecule has 35 heavy (non-hydrogen) atoms. The van der Waals surface area contributed by atoms with Crippen LogP contribution in [-0.4, -0.2) is 38.3 Å². The molecule has 6 nitrogen and oxygen atoms in total. The highest BCUT2D eigenvalue weighted by Crippen LogP contribution is 2.33. The zero-order valence-corrected chi connectivity index (χ0v) is 19.8. The van der Waals surface area contributed by atoms with Gasteiger partial charge in [0.1, 0.15) is 5.82 Å². The van der Waals surface area contributed by atoms with Crippen molar-refractivity contribution in [3.8, 4) is 33.5 Å². The number of hydrogen-bond acceptors (Lipinski definition) is 5. The Morgan fingerprint density at radius 1 is 0.971 bits per heavy atom. The van der Waals surface area contributed by atoms with Gasteiger partial charge in [0.15, 0.2) is 5.65 Å². The molecule has 176 valence electrons. The molecular weight excluding hydrogens is 439 g/mol. The lowest BCUT2D eigenvalue weighted by atomic mass is 9.99. The normalized spacial score (nSPS) is 12.2. The minimum absolute atomic E-state index is 0.315. The minimum atomic E-state index is -0.315. The van der Waals surface area contributed by atoms with Crippen LogP contribution in [0.15, 0.2) is 79.5 Å². The van der Waals surface area contributed by atoms with Gasteiger partial charge in [-0.25, -0.2) is 14.4 Å². The molecule has 0 radical (unpaired) electrons. The molecule has 1 N–H and O–H groups in total. The average molecular weight is 467 g/mol. The SMILES string of the molecule is CCC(CCNC)n1cc(-c2cncc(-c3cc(-c4ccccc4F)nc4ncccc34)c2)cn1. The van der Waals surface area contributed by atoms with Crippen LogP contribution in [0.2, 0.25) is 0 Å². The van der Waals surface area contributed by atoms with E-state index in [2.05, 4.69) is 44.6 Å². The van der Waals surface area contributed by atoms with Gasteiger partial charge in [0.2, 0.25) is 0 Å². The zero-order chi connectivity index (χ0) is 24.2. The summed E-state index contributed by atoms with van der Waals surface area (Å²) in [5, 5.41) is 8.74. The lowest BCUT2D eigenvalue weighted by Gasteiger charge is -2.15. The second kappa shape index (κ2) is 10.1. The first-order valence-corrected chi connectivity index (χ1v) is 11.8. The van der Waals surface area contributed by atoms with Crippen molar-refractivity contribution in [2.24, 2.45) is 0 Å². The van der Waals surface area contributed by atoms with Crippen LogP contribution in [0.25, 0.3) is 44.5 Å². The Hall–Kier alpha value is -3.97. The summed E-state index contributed by atoms with van der Waals surface area (Å²) in [7, 11) is 1.97. The van der Waals surface area contributed by atoms with Crippen LogP contribution >= 0.6 is 0 Å². The molecule has 0 aliphatic rings. The topological polar surface area (TPSA) is 68.5 Å². The number of nitrogens with one attached hydrogen (secondary N) is 1. The van der Waals surface area contributed by atoms with E-state index in [1.54, 1.807) is 18.3 Å². The first-order valence-electron chi connectivity index (χ1n) is 11.8. The van der Waals surface area contributed by atoms with Crippen LogP contribution < -0.4 is 5.32 Å². The number of fused-ring (bicyclic) bond motifs is 1. The summed E-state index contributed by atoms with van der Waals surface area (Å²) < 4.78 is 16.6. The van der Waals surface area contributed by atoms with E-state index in [0.717, 1.165) is 47.0 Å². The maximum atomic E-state index is 14.6. The van der Waals surface area contributed by atoms with E-state index in [-0.39, 0.29) is 5.82 Å². The molecule has 5 aromatic rings. The van der Waals surface area contributed by atoms with Gasteiger partial charge in [-0.3, -0.25) is 9.67 Å². The molecule has 0 aliphatic carbocycles. The van der Waals surface area contributed by atoms with Gasteiger partial charge in [-0.1, -0.05) is 19.1 Å². The Labute approximate surface area is 203 Å². The van der Waals surface area contributed by atoms with Crippen LogP contribution in [0.1, 0.15) is 25.8 Å². The number of nitrogens with zero attached hydrogens (tertiary/aromatic N) is 5. The third-order valence-electron chi connectivity index (χ3n) is 6.29. The summed E-state index contributed by atoms with van der Waals surface area (Å²) in [4.78, 5) is 13.6. The molecule has 0 aliphatic heterocycles. The monoisotopic (exact) mass is 466 g/mol. The summed E-state index contributed by atoms with van der Waals surface area (Å²) in [6.45, 7) is 3.12. The number of halogens is 1. The molecule has 1 unspecified atom stereocenters. The molecule has 7 heteroatoms. The Kier molecular flexibility index (Phi) is 6.59. The summed E-state index contributed by atoms with van der Waals surface area (Å²) >= 11 is 0. The highest BCUT2D eigenvalue weighted by atomic mass is 19.1. The maximum absolute atomic E-state index is 14.6. The van der Waals surface area contributed by atoms with Crippen LogP contribution in [0.4, 0.5) is 4.39 Å². The predicted octanol–water partition coefficient (Wildman–Crippen LogP) is 5.92. The second-order valence-electron chi connectivity index (χ2n) is 8.54. The molecule has 0 saturated carbocycles. The van der Waals surface area contributed by atoms with E-state index in [1.165, 1.54) is 6.07 Å². The van der Waals surface area contributed by atoms with E-state index in [0.29, 0.717) is 22.9 Å². The van der Waals surface area contributed by atoms with E-state index < -0.39 is 0 Å². The van der Waals surface area contributed by atoms with Crippen LogP contribution in [-0.2, 0) is 0 Å². The Balaban J connectivity index is 1.58. The third-order valence-corrected chi connectivity index (χ3v) is 6.29. The molecule has 4 aromatic heterocycles. The van der Waals surface area contributed by atoms with E-state index in [1.807, 2.05) is 54.6 Å². The van der Waals surface area contributed by atoms with Gasteiger partial charge in [-0.2, -0.15) is 5.10 Å². The Morgan fingerprint density at radius 2 is 1.83 bits per heavy atom. The standard InChI is InChI=1S/C28H27FN6/c1-3-22(10-12-30-2)35-18-21(17-33-35)19-13-20(16-31-15-19)25-14-27(24-7-4-5-9-26(24)29)34-28-23(25)8-6-11-32-28/h4-9,11,13-18,22,30H,3,10,12H2,1-2H3. The summed E-state index contributed by atoms with van der Waals surface area (Å²) in [5.41, 5.74) is 5.35. The predicted molar refractivity (Wildman–Crippen MR) is 137 cm³/mol. The van der Waals surface area contributed by atoms with Gasteiger partial charge in [0, 0.05) is 52.4 Å². The largest absolute Gasteiger partial charge is 0.320 e. The summed E-state index contributed by atoms with van der Waals surface area (Å²) in [6, 6.07) is 14.9. The molecule has 5 rings (SSSR count). The Bertz CT molecular complexity index is 1460. The van der Waals surface area contributed by atoms with Crippen LogP contribution in [0.5, 0.6) is 0 Å². The van der Waals surface area contributed by atoms with E-state index >= 15 is 0 Å². The van der Waals surface area contributed by atoms with Crippen molar-refractivity contribution in [2.75, 3.05) is 13.6 Å². The molecule has 1 atom stereocenters. The highest BCUT2D eigenvalue weighted by molar-refractivity contribution is 5.95. The van der Waals surface area contributed by atoms with E-state index in [9.17, 15) is 4.39 Å². The quantitative estimate of drug-likeness (QED) is 0.307. The van der Waals surface area contributed by atoms with Crippen LogP contribution in [0.3, 0.4) is 0 Å². The first-order chi connectivity index (χ1) is 17.2. The molecule has 0 saturated heterocycles. The number of pyridine rings is 3. The zero-order valence-electron chi connectivity index (χ0n) is 19.8. The van der Waals surface area contributed by atoms with Gasteiger partial charge in [-0.15, -0.1) is 0 Å². The van der Waals surface area contributed by atoms with Crippen molar-refractivity contribution in [3.05, 3.63) is 85.3 Å². The van der Waals surface area contributed by atoms with Crippen molar-refractivity contribution < 1.29 is 4.39 Å². The van der Waals surface area contributed by atoms with Gasteiger partial charge in [0.05, 0.1) is 17.9 Å². The second-order valence-corrected chi connectivity index (χ2v) is 8.54. The number of benzene rings is 1. The molecule has 0 spiro atoms. The van der Waals surface area contributed by atoms with Crippen LogP contribution in [0, 0.1) is 5.82 Å². The molecular formula is C28H27FN6. The Morgan fingerprint density at radius 3 is 2.66 bits per heavy atom. The van der Waals surface area contributed by atoms with Gasteiger partial charge in [-0.05, 0) is 68.4 Å². The minimum Gasteiger partial charge on any atom is -0.320 e. The third kappa shape index (κ3) is 4.68. The average Bonchev–Trinajstić information content (AvgIpc) is 3.39. The molecule has 0 bridgehead atoms. The smallest absolute Gasteiger partial charge is 0.160 e. The molecule has 0 amide bonds. The molecule has 1 aromatic carbocycles. The van der Waals surface area contributed by atoms with Crippen molar-refractivity contribution in [2.45, 2.75) is 25.8 Å². The highest BCUT2D eigenvalue weighted by Gasteiger charge is 2.15. The number of aromatic nitrogens is 5. The fourth-order valence-corrected chi connectivity index (χ4v) is 4.37. The van der Waals surface area contributed by atoms with Gasteiger partial charge < -0.3 is 5.32 Å². The fraction of sp³-hybridized carbons (Fsp3) is 0.214. The maximum Gasteiger partial charge on any atom is 0.160 e. The van der Waals surface area contributed by atoms with Crippen molar-refractivity contribution >= 4 is 11.0 Å². The van der Waals surface area contributed by atoms with Crippen molar-refractivity contribution in [1.29, 1.82) is 0 Å². The lowest BCUT2D eigenvalue weighted by molar-refractivity contribution is 0.408. The van der Waals surface area contributed by atoms with E-state index in [4.69, 9.17) is 0 Å².